The molecule has 0 N–H and O–H groups in total. The number of amides is 2. The molecule has 2 heterocycles. The van der Waals surface area contributed by atoms with E-state index in [1.807, 2.05) is 18.2 Å². The van der Waals surface area contributed by atoms with Crippen molar-refractivity contribution in [3.8, 4) is 11.1 Å². The van der Waals surface area contributed by atoms with E-state index in [9.17, 15) is 26.7 Å². The minimum Gasteiger partial charge on any atom is -0.320 e. The van der Waals surface area contributed by atoms with Crippen LogP contribution in [0.5, 0.6) is 0 Å². The summed E-state index contributed by atoms with van der Waals surface area (Å²) in [5.74, 6) is -2.81. The smallest absolute Gasteiger partial charge is 0.320 e. The standard InChI is InChI=1S/C20H17F5N2O/c21-19(22)11-27(12-19)18(28)26-8-7-14-1-2-15(9-16(14)10-26)13-3-5-17(6-4-13)20(23,24)25/h1-6,9H,7-8,10-12H2. The second kappa shape index (κ2) is 6.46. The van der Waals surface area contributed by atoms with Gasteiger partial charge in [0, 0.05) is 13.1 Å². The first-order valence-corrected chi connectivity index (χ1v) is 8.83. The summed E-state index contributed by atoms with van der Waals surface area (Å²) in [6.45, 7) is -0.361. The van der Waals surface area contributed by atoms with E-state index in [4.69, 9.17) is 0 Å². The summed E-state index contributed by atoms with van der Waals surface area (Å²) in [6.07, 6.45) is -3.78. The van der Waals surface area contributed by atoms with Gasteiger partial charge in [0.2, 0.25) is 0 Å². The van der Waals surface area contributed by atoms with Gasteiger partial charge in [0.25, 0.3) is 5.92 Å². The minimum absolute atomic E-state index is 0.296. The number of likely N-dealkylation sites (tertiary alicyclic amines) is 1. The molecule has 0 bridgehead atoms. The summed E-state index contributed by atoms with van der Waals surface area (Å²) in [7, 11) is 0. The van der Waals surface area contributed by atoms with Crippen LogP contribution < -0.4 is 0 Å². The molecule has 1 saturated heterocycles. The molecule has 148 valence electrons. The Morgan fingerprint density at radius 1 is 0.893 bits per heavy atom. The first-order chi connectivity index (χ1) is 13.1. The van der Waals surface area contributed by atoms with E-state index in [2.05, 4.69) is 0 Å². The van der Waals surface area contributed by atoms with Gasteiger partial charge < -0.3 is 9.80 Å². The lowest BCUT2D eigenvalue weighted by Gasteiger charge is -2.42. The molecule has 2 aromatic rings. The Balaban J connectivity index is 1.52. The van der Waals surface area contributed by atoms with Crippen molar-refractivity contribution in [1.82, 2.24) is 9.80 Å². The molecule has 4 rings (SSSR count). The fourth-order valence-corrected chi connectivity index (χ4v) is 3.60. The largest absolute Gasteiger partial charge is 0.416 e. The number of nitrogens with zero attached hydrogens (tertiary/aromatic N) is 2. The van der Waals surface area contributed by atoms with Crippen molar-refractivity contribution in [3.05, 3.63) is 59.2 Å². The summed E-state index contributed by atoms with van der Waals surface area (Å²) in [6, 6.07) is 10.1. The molecule has 0 aromatic heterocycles. The monoisotopic (exact) mass is 396 g/mol. The Morgan fingerprint density at radius 3 is 2.14 bits per heavy atom. The number of hydrogen-bond acceptors (Lipinski definition) is 1. The Hall–Kier alpha value is -2.64. The van der Waals surface area contributed by atoms with Crippen molar-refractivity contribution in [2.45, 2.75) is 25.1 Å². The topological polar surface area (TPSA) is 23.6 Å². The molecule has 2 aliphatic heterocycles. The van der Waals surface area contributed by atoms with Gasteiger partial charge in [0.15, 0.2) is 0 Å². The maximum absolute atomic E-state index is 13.0. The van der Waals surface area contributed by atoms with Crippen molar-refractivity contribution in [2.24, 2.45) is 0 Å². The molecule has 1 fully saturated rings. The van der Waals surface area contributed by atoms with Gasteiger partial charge in [0.1, 0.15) is 0 Å². The maximum Gasteiger partial charge on any atom is 0.416 e. The van der Waals surface area contributed by atoms with Crippen molar-refractivity contribution in [2.75, 3.05) is 19.6 Å². The number of fused-ring (bicyclic) bond motifs is 1. The van der Waals surface area contributed by atoms with Gasteiger partial charge in [-0.15, -0.1) is 0 Å². The highest BCUT2D eigenvalue weighted by Crippen LogP contribution is 2.33. The molecular formula is C20H17F5N2O. The molecule has 2 amide bonds. The zero-order valence-electron chi connectivity index (χ0n) is 14.8. The van der Waals surface area contributed by atoms with Gasteiger partial charge in [-0.05, 0) is 46.9 Å². The number of alkyl halides is 5. The summed E-state index contributed by atoms with van der Waals surface area (Å²) in [5, 5.41) is 0. The molecule has 28 heavy (non-hydrogen) atoms. The molecular weight excluding hydrogens is 379 g/mol. The molecule has 0 unspecified atom stereocenters. The van der Waals surface area contributed by atoms with Gasteiger partial charge in [-0.25, -0.2) is 13.6 Å². The number of rotatable bonds is 1. The molecule has 8 heteroatoms. The molecule has 3 nitrogen and oxygen atoms in total. The molecule has 0 aliphatic carbocycles. The lowest BCUT2D eigenvalue weighted by Crippen LogP contribution is -2.61. The van der Waals surface area contributed by atoms with Crippen LogP contribution in [0, 0.1) is 0 Å². The molecule has 0 saturated carbocycles. The average molecular weight is 396 g/mol. The van der Waals surface area contributed by atoms with Crippen LogP contribution in [-0.2, 0) is 19.1 Å². The average Bonchev–Trinajstić information content (AvgIpc) is 2.64. The molecule has 2 aliphatic rings. The Morgan fingerprint density at radius 2 is 1.54 bits per heavy atom. The van der Waals surface area contributed by atoms with Crippen LogP contribution in [0.3, 0.4) is 0 Å². The molecule has 0 spiro atoms. The quantitative estimate of drug-likeness (QED) is 0.635. The molecule has 2 aromatic carbocycles. The second-order valence-corrected chi connectivity index (χ2v) is 7.22. The number of hydrogen-bond donors (Lipinski definition) is 0. The van der Waals surface area contributed by atoms with E-state index in [0.717, 1.165) is 33.7 Å². The van der Waals surface area contributed by atoms with Crippen molar-refractivity contribution < 1.29 is 26.7 Å². The summed E-state index contributed by atoms with van der Waals surface area (Å²) >= 11 is 0. The van der Waals surface area contributed by atoms with E-state index in [1.165, 1.54) is 17.0 Å². The van der Waals surface area contributed by atoms with Gasteiger partial charge in [0.05, 0.1) is 18.7 Å². The van der Waals surface area contributed by atoms with Crippen LogP contribution in [0.15, 0.2) is 42.5 Å². The van der Waals surface area contributed by atoms with Crippen molar-refractivity contribution in [1.29, 1.82) is 0 Å². The highest BCUT2D eigenvalue weighted by Gasteiger charge is 2.47. The first-order valence-electron chi connectivity index (χ1n) is 8.83. The minimum atomic E-state index is -4.39. The maximum atomic E-state index is 13.0. The van der Waals surface area contributed by atoms with Crippen LogP contribution in [0.1, 0.15) is 16.7 Å². The van der Waals surface area contributed by atoms with Crippen molar-refractivity contribution in [3.63, 3.8) is 0 Å². The number of halogens is 5. The van der Waals surface area contributed by atoms with E-state index in [1.54, 1.807) is 0 Å². The van der Waals surface area contributed by atoms with Crippen molar-refractivity contribution >= 4 is 6.03 Å². The third-order valence-corrected chi connectivity index (χ3v) is 5.15. The zero-order valence-corrected chi connectivity index (χ0v) is 14.8. The normalized spacial score (nSPS) is 18.5. The summed E-state index contributed by atoms with van der Waals surface area (Å²) < 4.78 is 64.2. The van der Waals surface area contributed by atoms with Gasteiger partial charge >= 0.3 is 12.2 Å². The van der Waals surface area contributed by atoms with E-state index in [0.29, 0.717) is 25.1 Å². The third kappa shape index (κ3) is 3.55. The Bertz CT molecular complexity index is 900. The highest BCUT2D eigenvalue weighted by molar-refractivity contribution is 5.76. The predicted octanol–water partition coefficient (Wildman–Crippen LogP) is 4.80. The van der Waals surface area contributed by atoms with Crippen LogP contribution in [0.4, 0.5) is 26.7 Å². The third-order valence-electron chi connectivity index (χ3n) is 5.15. The zero-order chi connectivity index (χ0) is 20.1. The first kappa shape index (κ1) is 18.7. The van der Waals surface area contributed by atoms with E-state index < -0.39 is 36.8 Å². The number of carbonyl (C=O) groups is 1. The van der Waals surface area contributed by atoms with E-state index in [-0.39, 0.29) is 0 Å². The number of benzene rings is 2. The fraction of sp³-hybridized carbons (Fsp3) is 0.350. The van der Waals surface area contributed by atoms with Crippen LogP contribution in [-0.4, -0.2) is 41.4 Å². The molecule has 0 atom stereocenters. The Kier molecular flexibility index (Phi) is 4.32. The van der Waals surface area contributed by atoms with Crippen LogP contribution in [0.2, 0.25) is 0 Å². The fourth-order valence-electron chi connectivity index (χ4n) is 3.60. The summed E-state index contributed by atoms with van der Waals surface area (Å²) in [5.41, 5.74) is 2.61. The predicted molar refractivity (Wildman–Crippen MR) is 92.9 cm³/mol. The number of carbonyl (C=O) groups excluding carboxylic acids is 1. The second-order valence-electron chi connectivity index (χ2n) is 7.22. The van der Waals surface area contributed by atoms with Gasteiger partial charge in [-0.1, -0.05) is 24.3 Å². The molecule has 0 radical (unpaired) electrons. The van der Waals surface area contributed by atoms with Gasteiger partial charge in [-0.3, -0.25) is 0 Å². The number of urea groups is 1. The Labute approximate surface area is 158 Å². The van der Waals surface area contributed by atoms with E-state index >= 15 is 0 Å². The van der Waals surface area contributed by atoms with Crippen LogP contribution >= 0.6 is 0 Å². The lowest BCUT2D eigenvalue weighted by atomic mass is 9.94. The SMILES string of the molecule is O=C(N1CCc2ccc(-c3ccc(C(F)(F)F)cc3)cc2C1)N1CC(F)(F)C1. The van der Waals surface area contributed by atoms with Gasteiger partial charge in [-0.2, -0.15) is 13.2 Å². The summed E-state index contributed by atoms with van der Waals surface area (Å²) in [4.78, 5) is 15.0. The lowest BCUT2D eigenvalue weighted by molar-refractivity contribution is -0.137. The highest BCUT2D eigenvalue weighted by atomic mass is 19.4. The van der Waals surface area contributed by atoms with Crippen LogP contribution in [0.25, 0.3) is 11.1 Å².